The zero-order valence-corrected chi connectivity index (χ0v) is 13.2. The maximum Gasteiger partial charge on any atom is 0.238 e. The van der Waals surface area contributed by atoms with Gasteiger partial charge in [0, 0.05) is 5.41 Å². The van der Waals surface area contributed by atoms with Crippen molar-refractivity contribution in [1.29, 1.82) is 0 Å². The number of benzene rings is 1. The van der Waals surface area contributed by atoms with Crippen molar-refractivity contribution in [2.75, 3.05) is 0 Å². The molecule has 1 aromatic carbocycles. The van der Waals surface area contributed by atoms with Gasteiger partial charge in [-0.1, -0.05) is 31.9 Å². The first-order valence-electron chi connectivity index (χ1n) is 7.16. The lowest BCUT2D eigenvalue weighted by Crippen LogP contribution is -2.38. The van der Waals surface area contributed by atoms with E-state index in [9.17, 15) is 13.2 Å². The molecule has 0 heterocycles. The van der Waals surface area contributed by atoms with Crippen LogP contribution in [0, 0.1) is 5.41 Å². The summed E-state index contributed by atoms with van der Waals surface area (Å²) in [6, 6.07) is 6.13. The molecule has 1 aliphatic carbocycles. The number of nitrogens with one attached hydrogen (secondary N) is 1. The van der Waals surface area contributed by atoms with Crippen molar-refractivity contribution in [1.82, 2.24) is 5.32 Å². The molecule has 0 aliphatic heterocycles. The Kier molecular flexibility index (Phi) is 4.39. The van der Waals surface area contributed by atoms with E-state index in [4.69, 9.17) is 5.14 Å². The number of sulfonamides is 1. The van der Waals surface area contributed by atoms with Crippen LogP contribution in [0.25, 0.3) is 0 Å². The SMILES string of the molecule is CC(NC(=O)C1(C)CCCC1)c1cccc(S(N)(=O)=O)c1. The van der Waals surface area contributed by atoms with Gasteiger partial charge in [-0.3, -0.25) is 4.79 Å². The molecular formula is C15H22N2O3S. The molecule has 0 saturated heterocycles. The molecule has 0 aromatic heterocycles. The molecule has 1 aromatic rings. The van der Waals surface area contributed by atoms with Crippen LogP contribution in [0.4, 0.5) is 0 Å². The summed E-state index contributed by atoms with van der Waals surface area (Å²) in [5.41, 5.74) is 0.433. The van der Waals surface area contributed by atoms with Crippen LogP contribution in [0.15, 0.2) is 29.2 Å². The van der Waals surface area contributed by atoms with Crippen molar-refractivity contribution < 1.29 is 13.2 Å². The highest BCUT2D eigenvalue weighted by molar-refractivity contribution is 7.89. The molecule has 0 spiro atoms. The van der Waals surface area contributed by atoms with E-state index >= 15 is 0 Å². The summed E-state index contributed by atoms with van der Waals surface area (Å²) >= 11 is 0. The third-order valence-corrected chi connectivity index (χ3v) is 5.20. The molecule has 1 saturated carbocycles. The molecule has 1 fully saturated rings. The van der Waals surface area contributed by atoms with Crippen molar-refractivity contribution in [3.63, 3.8) is 0 Å². The maximum absolute atomic E-state index is 12.4. The van der Waals surface area contributed by atoms with Crippen LogP contribution < -0.4 is 10.5 Å². The van der Waals surface area contributed by atoms with E-state index in [1.165, 1.54) is 12.1 Å². The van der Waals surface area contributed by atoms with Crippen molar-refractivity contribution in [3.8, 4) is 0 Å². The summed E-state index contributed by atoms with van der Waals surface area (Å²) in [4.78, 5) is 12.4. The Labute approximate surface area is 126 Å². The lowest BCUT2D eigenvalue weighted by molar-refractivity contribution is -0.130. The van der Waals surface area contributed by atoms with Crippen LogP contribution in [-0.4, -0.2) is 14.3 Å². The summed E-state index contributed by atoms with van der Waals surface area (Å²) in [5.74, 6) is 0.0357. The summed E-state index contributed by atoms with van der Waals surface area (Å²) < 4.78 is 22.8. The number of hydrogen-bond acceptors (Lipinski definition) is 3. The average Bonchev–Trinajstić information content (AvgIpc) is 2.86. The number of primary sulfonamides is 1. The van der Waals surface area contributed by atoms with E-state index in [0.29, 0.717) is 0 Å². The number of nitrogens with two attached hydrogens (primary N) is 1. The molecule has 5 nitrogen and oxygen atoms in total. The molecule has 0 bridgehead atoms. The van der Waals surface area contributed by atoms with Crippen molar-refractivity contribution >= 4 is 15.9 Å². The zero-order valence-electron chi connectivity index (χ0n) is 12.4. The molecule has 2 rings (SSSR count). The lowest BCUT2D eigenvalue weighted by atomic mass is 9.87. The standard InChI is InChI=1S/C15H22N2O3S/c1-11(17-14(18)15(2)8-3-4-9-15)12-6-5-7-13(10-12)21(16,19)20/h5-7,10-11H,3-4,8-9H2,1-2H3,(H,17,18)(H2,16,19,20). The number of carbonyl (C=O) groups excluding carboxylic acids is 1. The largest absolute Gasteiger partial charge is 0.349 e. The third-order valence-electron chi connectivity index (χ3n) is 4.29. The predicted octanol–water partition coefficient (Wildman–Crippen LogP) is 2.09. The van der Waals surface area contributed by atoms with Gasteiger partial charge in [-0.25, -0.2) is 13.6 Å². The van der Waals surface area contributed by atoms with Crippen LogP contribution in [0.3, 0.4) is 0 Å². The Morgan fingerprint density at radius 3 is 2.52 bits per heavy atom. The van der Waals surface area contributed by atoms with Crippen molar-refractivity contribution in [2.24, 2.45) is 10.6 Å². The Morgan fingerprint density at radius 1 is 1.33 bits per heavy atom. The van der Waals surface area contributed by atoms with Gasteiger partial charge >= 0.3 is 0 Å². The highest BCUT2D eigenvalue weighted by Gasteiger charge is 2.36. The first-order chi connectivity index (χ1) is 9.72. The summed E-state index contributed by atoms with van der Waals surface area (Å²) in [6.45, 7) is 3.83. The van der Waals surface area contributed by atoms with E-state index in [2.05, 4.69) is 5.32 Å². The molecule has 1 unspecified atom stereocenters. The van der Waals surface area contributed by atoms with Gasteiger partial charge in [-0.15, -0.1) is 0 Å². The highest BCUT2D eigenvalue weighted by atomic mass is 32.2. The number of amides is 1. The van der Waals surface area contributed by atoms with Gasteiger partial charge in [0.2, 0.25) is 15.9 Å². The molecule has 1 aliphatic rings. The van der Waals surface area contributed by atoms with E-state index in [-0.39, 0.29) is 22.3 Å². The van der Waals surface area contributed by atoms with E-state index < -0.39 is 10.0 Å². The molecule has 3 N–H and O–H groups in total. The Bertz CT molecular complexity index is 634. The number of hydrogen-bond donors (Lipinski definition) is 2. The minimum Gasteiger partial charge on any atom is -0.349 e. The fourth-order valence-electron chi connectivity index (χ4n) is 2.80. The molecule has 1 atom stereocenters. The third kappa shape index (κ3) is 3.63. The smallest absolute Gasteiger partial charge is 0.238 e. The first kappa shape index (κ1) is 16.0. The quantitative estimate of drug-likeness (QED) is 0.892. The second-order valence-electron chi connectivity index (χ2n) is 6.08. The Morgan fingerprint density at radius 2 is 1.95 bits per heavy atom. The fraction of sp³-hybridized carbons (Fsp3) is 0.533. The number of rotatable bonds is 4. The van der Waals surface area contributed by atoms with Crippen molar-refractivity contribution in [3.05, 3.63) is 29.8 Å². The Balaban J connectivity index is 2.14. The molecule has 116 valence electrons. The van der Waals surface area contributed by atoms with E-state index in [0.717, 1.165) is 31.2 Å². The summed E-state index contributed by atoms with van der Waals surface area (Å²) in [7, 11) is -3.73. The second kappa shape index (κ2) is 5.77. The fourth-order valence-corrected chi connectivity index (χ4v) is 3.37. The monoisotopic (exact) mass is 310 g/mol. The van der Waals surface area contributed by atoms with Crippen LogP contribution in [-0.2, 0) is 14.8 Å². The second-order valence-corrected chi connectivity index (χ2v) is 7.64. The van der Waals surface area contributed by atoms with Crippen LogP contribution >= 0.6 is 0 Å². The predicted molar refractivity (Wildman–Crippen MR) is 80.9 cm³/mol. The van der Waals surface area contributed by atoms with Crippen molar-refractivity contribution in [2.45, 2.75) is 50.5 Å². The van der Waals surface area contributed by atoms with Gasteiger partial charge < -0.3 is 5.32 Å². The molecule has 0 radical (unpaired) electrons. The zero-order chi connectivity index (χ0) is 15.7. The topological polar surface area (TPSA) is 89.3 Å². The minimum absolute atomic E-state index is 0.0357. The van der Waals surface area contributed by atoms with Gasteiger partial charge in [0.25, 0.3) is 0 Å². The van der Waals surface area contributed by atoms with Crippen LogP contribution in [0.5, 0.6) is 0 Å². The first-order valence-corrected chi connectivity index (χ1v) is 8.71. The summed E-state index contributed by atoms with van der Waals surface area (Å²) in [5, 5.41) is 8.12. The molecule has 21 heavy (non-hydrogen) atoms. The molecule has 1 amide bonds. The lowest BCUT2D eigenvalue weighted by Gasteiger charge is -2.25. The normalized spacial score (nSPS) is 19.2. The minimum atomic E-state index is -3.73. The summed E-state index contributed by atoms with van der Waals surface area (Å²) in [6.07, 6.45) is 3.98. The molecular weight excluding hydrogens is 288 g/mol. The Hall–Kier alpha value is -1.40. The van der Waals surface area contributed by atoms with Crippen LogP contribution in [0.1, 0.15) is 51.1 Å². The van der Waals surface area contributed by atoms with Crippen LogP contribution in [0.2, 0.25) is 0 Å². The maximum atomic E-state index is 12.4. The van der Waals surface area contributed by atoms with Gasteiger partial charge in [-0.2, -0.15) is 0 Å². The highest BCUT2D eigenvalue weighted by Crippen LogP contribution is 2.38. The van der Waals surface area contributed by atoms with Gasteiger partial charge in [0.1, 0.15) is 0 Å². The van der Waals surface area contributed by atoms with Gasteiger partial charge in [0.05, 0.1) is 10.9 Å². The molecule has 6 heteroatoms. The number of carbonyl (C=O) groups is 1. The average molecular weight is 310 g/mol. The van der Waals surface area contributed by atoms with Gasteiger partial charge in [-0.05, 0) is 37.5 Å². The van der Waals surface area contributed by atoms with Gasteiger partial charge in [0.15, 0.2) is 0 Å². The van der Waals surface area contributed by atoms with E-state index in [1.54, 1.807) is 12.1 Å². The van der Waals surface area contributed by atoms with E-state index in [1.807, 2.05) is 13.8 Å².